The van der Waals surface area contributed by atoms with E-state index in [9.17, 15) is 43.5 Å². The molecular formula is C14H23NO15S. The quantitative estimate of drug-likeness (QED) is 0.127. The van der Waals surface area contributed by atoms with Gasteiger partial charge in [-0.25, -0.2) is 4.18 Å². The van der Waals surface area contributed by atoms with Gasteiger partial charge in [0, 0.05) is 6.92 Å². The van der Waals surface area contributed by atoms with E-state index in [4.69, 9.17) is 18.8 Å². The Morgan fingerprint density at radius 2 is 1.65 bits per heavy atom. The molecule has 2 aliphatic rings. The number of rotatable bonds is 8. The van der Waals surface area contributed by atoms with Crippen molar-refractivity contribution in [2.75, 3.05) is 6.61 Å². The summed E-state index contributed by atoms with van der Waals surface area (Å²) >= 11 is 0. The number of nitrogens with one attached hydrogen (secondary N) is 1. The maximum atomic E-state index is 11.5. The number of ether oxygens (including phenoxy) is 4. The zero-order valence-corrected chi connectivity index (χ0v) is 16.6. The van der Waals surface area contributed by atoms with E-state index < -0.39 is 84.4 Å². The van der Waals surface area contributed by atoms with Crippen molar-refractivity contribution in [3.63, 3.8) is 0 Å². The van der Waals surface area contributed by atoms with E-state index in [2.05, 4.69) is 14.2 Å². The van der Waals surface area contributed by atoms with E-state index >= 15 is 0 Å². The molecule has 0 aromatic heterocycles. The second-order valence-electron chi connectivity index (χ2n) is 6.67. The van der Waals surface area contributed by atoms with Crippen LogP contribution in [0.1, 0.15) is 6.92 Å². The first-order chi connectivity index (χ1) is 14.4. The molecule has 0 aromatic rings. The third-order valence-electron chi connectivity index (χ3n) is 4.45. The van der Waals surface area contributed by atoms with Crippen LogP contribution < -0.4 is 5.32 Å². The molecule has 1 amide bonds. The molecule has 0 aliphatic carbocycles. The maximum absolute atomic E-state index is 11.5. The molecule has 10 unspecified atom stereocenters. The van der Waals surface area contributed by atoms with Gasteiger partial charge in [0.1, 0.15) is 42.7 Å². The van der Waals surface area contributed by atoms with E-state index in [1.807, 2.05) is 0 Å². The SMILES string of the molecule is CC(=O)NC1C(O)OC(COS(=O)(=O)O)C(O)C1OC1OC(OC=O)C(O)C(O)C1O. The molecule has 2 heterocycles. The van der Waals surface area contributed by atoms with Crippen LogP contribution in [-0.2, 0) is 43.1 Å². The average Bonchev–Trinajstić information content (AvgIpc) is 2.66. The average molecular weight is 477 g/mol. The van der Waals surface area contributed by atoms with E-state index in [-0.39, 0.29) is 6.47 Å². The molecule has 17 heteroatoms. The highest BCUT2D eigenvalue weighted by Gasteiger charge is 2.51. The predicted octanol–water partition coefficient (Wildman–Crippen LogP) is -5.29. The van der Waals surface area contributed by atoms with Gasteiger partial charge in [-0.3, -0.25) is 14.1 Å². The second-order valence-corrected chi connectivity index (χ2v) is 7.76. The van der Waals surface area contributed by atoms with Crippen LogP contribution in [0.25, 0.3) is 0 Å². The fourth-order valence-electron chi connectivity index (χ4n) is 3.03. The highest BCUT2D eigenvalue weighted by molar-refractivity contribution is 7.80. The second kappa shape index (κ2) is 10.4. The number of carbonyl (C=O) groups excluding carboxylic acids is 2. The lowest BCUT2D eigenvalue weighted by atomic mass is 9.96. The summed E-state index contributed by atoms with van der Waals surface area (Å²) in [5.41, 5.74) is 0. The summed E-state index contributed by atoms with van der Waals surface area (Å²) in [5.74, 6) is -0.705. The van der Waals surface area contributed by atoms with Gasteiger partial charge < -0.3 is 49.8 Å². The predicted molar refractivity (Wildman–Crippen MR) is 90.7 cm³/mol. The summed E-state index contributed by atoms with van der Waals surface area (Å²) in [5, 5.41) is 52.7. The van der Waals surface area contributed by atoms with Crippen molar-refractivity contribution in [2.45, 2.75) is 68.5 Å². The van der Waals surface area contributed by atoms with Crippen LogP contribution in [0.2, 0.25) is 0 Å². The minimum Gasteiger partial charge on any atom is -0.435 e. The Kier molecular flexibility index (Phi) is 8.64. The third-order valence-corrected chi connectivity index (χ3v) is 4.88. The van der Waals surface area contributed by atoms with Crippen LogP contribution in [0.5, 0.6) is 0 Å². The molecular weight excluding hydrogens is 454 g/mol. The largest absolute Gasteiger partial charge is 0.435 e. The van der Waals surface area contributed by atoms with Gasteiger partial charge in [-0.2, -0.15) is 8.42 Å². The minimum atomic E-state index is -4.94. The number of amides is 1. The van der Waals surface area contributed by atoms with Crippen LogP contribution in [-0.4, -0.2) is 119 Å². The van der Waals surface area contributed by atoms with Crippen molar-refractivity contribution in [2.24, 2.45) is 0 Å². The normalized spacial score (nSPS) is 41.4. The van der Waals surface area contributed by atoms with Gasteiger partial charge in [0.05, 0.1) is 6.61 Å². The number of aliphatic hydroxyl groups is 5. The van der Waals surface area contributed by atoms with Gasteiger partial charge in [0.2, 0.25) is 12.2 Å². The van der Waals surface area contributed by atoms with Crippen molar-refractivity contribution in [1.29, 1.82) is 0 Å². The van der Waals surface area contributed by atoms with Gasteiger partial charge in [-0.15, -0.1) is 0 Å². The first-order valence-corrected chi connectivity index (χ1v) is 10.1. The van der Waals surface area contributed by atoms with E-state index in [0.29, 0.717) is 0 Å². The Bertz CT molecular complexity index is 733. The molecule has 2 fully saturated rings. The topological polar surface area (TPSA) is 248 Å². The molecule has 0 aromatic carbocycles. The van der Waals surface area contributed by atoms with Crippen molar-refractivity contribution in [1.82, 2.24) is 5.32 Å². The molecule has 2 aliphatic heterocycles. The van der Waals surface area contributed by atoms with Crippen LogP contribution in [0.3, 0.4) is 0 Å². The molecule has 0 bridgehead atoms. The lowest BCUT2D eigenvalue weighted by molar-refractivity contribution is -0.365. The first-order valence-electron chi connectivity index (χ1n) is 8.70. The lowest BCUT2D eigenvalue weighted by Gasteiger charge is -2.46. The van der Waals surface area contributed by atoms with Crippen molar-refractivity contribution in [3.8, 4) is 0 Å². The molecule has 0 spiro atoms. The van der Waals surface area contributed by atoms with Crippen LogP contribution in [0.4, 0.5) is 0 Å². The summed E-state index contributed by atoms with van der Waals surface area (Å²) in [6.45, 7) is -0.0229. The number of aliphatic hydroxyl groups excluding tert-OH is 5. The zero-order valence-electron chi connectivity index (χ0n) is 15.8. The Morgan fingerprint density at radius 3 is 2.19 bits per heavy atom. The molecule has 0 saturated carbocycles. The van der Waals surface area contributed by atoms with E-state index in [1.54, 1.807) is 0 Å². The maximum Gasteiger partial charge on any atom is 0.397 e. The smallest absolute Gasteiger partial charge is 0.397 e. The number of hydrogen-bond acceptors (Lipinski definition) is 14. The summed E-state index contributed by atoms with van der Waals surface area (Å²) in [6.07, 6.45) is -16.4. The fraction of sp³-hybridized carbons (Fsp3) is 0.857. The van der Waals surface area contributed by atoms with Gasteiger partial charge >= 0.3 is 10.4 Å². The molecule has 0 radical (unpaired) electrons. The molecule has 2 saturated heterocycles. The van der Waals surface area contributed by atoms with Crippen LogP contribution in [0, 0.1) is 0 Å². The highest BCUT2D eigenvalue weighted by atomic mass is 32.3. The Hall–Kier alpha value is -1.51. The Morgan fingerprint density at radius 1 is 1.03 bits per heavy atom. The van der Waals surface area contributed by atoms with Gasteiger partial charge in [0.25, 0.3) is 6.47 Å². The summed E-state index contributed by atoms with van der Waals surface area (Å²) in [7, 11) is -4.94. The fourth-order valence-corrected chi connectivity index (χ4v) is 3.33. The minimum absolute atomic E-state index is 0.106. The van der Waals surface area contributed by atoms with E-state index in [1.165, 1.54) is 0 Å². The van der Waals surface area contributed by atoms with Crippen molar-refractivity contribution in [3.05, 3.63) is 0 Å². The zero-order chi connectivity index (χ0) is 23.5. The molecule has 7 N–H and O–H groups in total. The monoisotopic (exact) mass is 477 g/mol. The Balaban J connectivity index is 2.25. The molecule has 180 valence electrons. The summed E-state index contributed by atoms with van der Waals surface area (Å²) in [6, 6.07) is -1.50. The first kappa shape index (κ1) is 25.7. The summed E-state index contributed by atoms with van der Waals surface area (Å²) < 4.78 is 54.2. The van der Waals surface area contributed by atoms with E-state index in [0.717, 1.165) is 6.92 Å². The number of carbonyl (C=O) groups is 2. The van der Waals surface area contributed by atoms with Crippen molar-refractivity contribution < 1.29 is 71.2 Å². The van der Waals surface area contributed by atoms with Gasteiger partial charge in [0.15, 0.2) is 12.6 Å². The lowest BCUT2D eigenvalue weighted by Crippen LogP contribution is -2.67. The number of hydrogen-bond donors (Lipinski definition) is 7. The summed E-state index contributed by atoms with van der Waals surface area (Å²) in [4.78, 5) is 22.0. The molecule has 31 heavy (non-hydrogen) atoms. The molecule has 16 nitrogen and oxygen atoms in total. The van der Waals surface area contributed by atoms with Crippen LogP contribution >= 0.6 is 0 Å². The third kappa shape index (κ3) is 6.49. The van der Waals surface area contributed by atoms with Gasteiger partial charge in [-0.05, 0) is 0 Å². The van der Waals surface area contributed by atoms with Gasteiger partial charge in [-0.1, -0.05) is 0 Å². The van der Waals surface area contributed by atoms with Crippen molar-refractivity contribution >= 4 is 22.8 Å². The molecule has 10 atom stereocenters. The standard InChI is InChI=1S/C14H23NO15S/c1-4(17)15-6-11(7(18)5(28-12(6)22)2-27-31(23,24)25)29-14-10(21)8(19)9(20)13(30-14)26-3-16/h3,5-14,18-22H,2H2,1H3,(H,15,17)(H,23,24,25). The molecule has 2 rings (SSSR count). The highest BCUT2D eigenvalue weighted by Crippen LogP contribution is 2.29. The Labute approximate surface area is 175 Å². The van der Waals surface area contributed by atoms with Crippen LogP contribution in [0.15, 0.2) is 0 Å².